The number of aromatic nitrogens is 1. The SMILES string of the molecule is CCC(CC)(CC(=O)O)NC(=O)Cc1csc(-c2ccc(C)o2)n1. The number of furan rings is 1. The molecule has 2 N–H and O–H groups in total. The number of carbonyl (C=O) groups excluding carboxylic acids is 1. The second kappa shape index (κ2) is 7.61. The Kier molecular flexibility index (Phi) is 5.77. The van der Waals surface area contributed by atoms with Crippen LogP contribution < -0.4 is 5.32 Å². The van der Waals surface area contributed by atoms with Crippen molar-refractivity contribution in [3.05, 3.63) is 29.0 Å². The first-order valence-electron chi connectivity index (χ1n) is 7.91. The molecule has 0 fully saturated rings. The molecule has 1 amide bonds. The molecule has 6 nitrogen and oxygen atoms in total. The van der Waals surface area contributed by atoms with Crippen molar-refractivity contribution >= 4 is 23.2 Å². The summed E-state index contributed by atoms with van der Waals surface area (Å²) in [7, 11) is 0. The lowest BCUT2D eigenvalue weighted by Crippen LogP contribution is -2.49. The third-order valence-corrected chi connectivity index (χ3v) is 5.00. The van der Waals surface area contributed by atoms with Gasteiger partial charge in [-0.2, -0.15) is 0 Å². The van der Waals surface area contributed by atoms with Crippen LogP contribution >= 0.6 is 11.3 Å². The fourth-order valence-electron chi connectivity index (χ4n) is 2.57. The van der Waals surface area contributed by atoms with Gasteiger partial charge in [-0.05, 0) is 31.9 Å². The Labute approximate surface area is 144 Å². The van der Waals surface area contributed by atoms with Gasteiger partial charge in [0.25, 0.3) is 0 Å². The van der Waals surface area contributed by atoms with Crippen LogP contribution in [0.5, 0.6) is 0 Å². The van der Waals surface area contributed by atoms with Gasteiger partial charge in [-0.3, -0.25) is 9.59 Å². The third-order valence-electron chi connectivity index (χ3n) is 4.09. The van der Waals surface area contributed by atoms with Crippen molar-refractivity contribution in [2.24, 2.45) is 0 Å². The van der Waals surface area contributed by atoms with Crippen molar-refractivity contribution in [3.63, 3.8) is 0 Å². The van der Waals surface area contributed by atoms with Gasteiger partial charge in [0.15, 0.2) is 10.8 Å². The Hall–Kier alpha value is -2.15. The number of hydrogen-bond donors (Lipinski definition) is 2. The molecule has 0 aliphatic carbocycles. The largest absolute Gasteiger partial charge is 0.481 e. The van der Waals surface area contributed by atoms with Crippen molar-refractivity contribution in [2.45, 2.75) is 52.0 Å². The summed E-state index contributed by atoms with van der Waals surface area (Å²) in [4.78, 5) is 27.8. The van der Waals surface area contributed by atoms with Crippen LogP contribution in [0.15, 0.2) is 21.9 Å². The summed E-state index contributed by atoms with van der Waals surface area (Å²) in [6.07, 6.45) is 1.17. The van der Waals surface area contributed by atoms with Crippen molar-refractivity contribution in [1.82, 2.24) is 10.3 Å². The second-order valence-corrected chi connectivity index (χ2v) is 6.70. The van der Waals surface area contributed by atoms with E-state index in [9.17, 15) is 9.59 Å². The number of amides is 1. The van der Waals surface area contributed by atoms with E-state index in [4.69, 9.17) is 9.52 Å². The van der Waals surface area contributed by atoms with E-state index in [1.807, 2.05) is 38.3 Å². The molecule has 0 bridgehead atoms. The maximum atomic E-state index is 12.3. The van der Waals surface area contributed by atoms with Gasteiger partial charge in [-0.1, -0.05) is 13.8 Å². The van der Waals surface area contributed by atoms with Crippen LogP contribution in [0.4, 0.5) is 0 Å². The topological polar surface area (TPSA) is 92.4 Å². The number of carboxylic acid groups (broad SMARTS) is 1. The van der Waals surface area contributed by atoms with Crippen molar-refractivity contribution < 1.29 is 19.1 Å². The van der Waals surface area contributed by atoms with E-state index >= 15 is 0 Å². The van der Waals surface area contributed by atoms with Gasteiger partial charge in [0.1, 0.15) is 5.76 Å². The lowest BCUT2D eigenvalue weighted by molar-refractivity contribution is -0.139. The molecule has 0 aliphatic rings. The first-order chi connectivity index (χ1) is 11.4. The van der Waals surface area contributed by atoms with E-state index in [0.717, 1.165) is 10.8 Å². The fourth-order valence-corrected chi connectivity index (χ4v) is 3.35. The van der Waals surface area contributed by atoms with Gasteiger partial charge < -0.3 is 14.8 Å². The molecular weight excluding hydrogens is 328 g/mol. The molecule has 2 rings (SSSR count). The summed E-state index contributed by atoms with van der Waals surface area (Å²) in [5.74, 6) is 0.367. The van der Waals surface area contributed by atoms with Gasteiger partial charge in [0.2, 0.25) is 5.91 Å². The van der Waals surface area contributed by atoms with Crippen molar-refractivity contribution in [1.29, 1.82) is 0 Å². The second-order valence-electron chi connectivity index (χ2n) is 5.84. The highest BCUT2D eigenvalue weighted by Gasteiger charge is 2.31. The van der Waals surface area contributed by atoms with E-state index in [2.05, 4.69) is 10.3 Å². The molecule has 0 atom stereocenters. The molecule has 24 heavy (non-hydrogen) atoms. The highest BCUT2D eigenvalue weighted by atomic mass is 32.1. The Bertz CT molecular complexity index is 716. The molecule has 7 heteroatoms. The van der Waals surface area contributed by atoms with E-state index in [-0.39, 0.29) is 18.7 Å². The molecule has 0 saturated carbocycles. The smallest absolute Gasteiger partial charge is 0.305 e. The standard InChI is InChI=1S/C17H22N2O4S/c1-4-17(5-2,9-15(21)22)19-14(20)8-12-10-24-16(18-12)13-7-6-11(3)23-13/h6-7,10H,4-5,8-9H2,1-3H3,(H,19,20)(H,21,22). The number of aliphatic carboxylic acids is 1. The molecule has 130 valence electrons. The zero-order chi connectivity index (χ0) is 17.7. The average Bonchev–Trinajstić information content (AvgIpc) is 3.14. The Balaban J connectivity index is 2.04. The first-order valence-corrected chi connectivity index (χ1v) is 8.79. The van der Waals surface area contributed by atoms with E-state index in [0.29, 0.717) is 24.3 Å². The number of nitrogens with one attached hydrogen (secondary N) is 1. The Morgan fingerprint density at radius 2 is 2.04 bits per heavy atom. The maximum absolute atomic E-state index is 12.3. The van der Waals surface area contributed by atoms with Gasteiger partial charge in [-0.25, -0.2) is 4.98 Å². The lowest BCUT2D eigenvalue weighted by atomic mass is 9.88. The summed E-state index contributed by atoms with van der Waals surface area (Å²) in [5, 5.41) is 14.5. The Morgan fingerprint density at radius 3 is 2.58 bits per heavy atom. The van der Waals surface area contributed by atoms with Crippen LogP contribution in [0.3, 0.4) is 0 Å². The number of hydrogen-bond acceptors (Lipinski definition) is 5. The summed E-state index contributed by atoms with van der Waals surface area (Å²) >= 11 is 1.42. The molecule has 0 aliphatic heterocycles. The summed E-state index contributed by atoms with van der Waals surface area (Å²) in [6.45, 7) is 5.63. The van der Waals surface area contributed by atoms with Crippen LogP contribution in [0, 0.1) is 6.92 Å². The van der Waals surface area contributed by atoms with E-state index in [1.165, 1.54) is 11.3 Å². The molecular formula is C17H22N2O4S. The minimum Gasteiger partial charge on any atom is -0.481 e. The normalized spacial score (nSPS) is 11.5. The van der Waals surface area contributed by atoms with Crippen LogP contribution in [0.25, 0.3) is 10.8 Å². The highest BCUT2D eigenvalue weighted by molar-refractivity contribution is 7.13. The van der Waals surface area contributed by atoms with Gasteiger partial charge in [-0.15, -0.1) is 11.3 Å². The number of rotatable bonds is 8. The molecule has 0 spiro atoms. The number of carboxylic acids is 1. The summed E-state index contributed by atoms with van der Waals surface area (Å²) in [5.41, 5.74) is -0.0575. The molecule has 0 unspecified atom stereocenters. The van der Waals surface area contributed by atoms with Gasteiger partial charge in [0.05, 0.1) is 18.5 Å². The van der Waals surface area contributed by atoms with Crippen LogP contribution in [-0.2, 0) is 16.0 Å². The molecule has 2 aromatic rings. The van der Waals surface area contributed by atoms with Crippen molar-refractivity contribution in [2.75, 3.05) is 0 Å². The van der Waals surface area contributed by atoms with E-state index < -0.39 is 11.5 Å². The number of aryl methyl sites for hydroxylation is 1. The van der Waals surface area contributed by atoms with Crippen LogP contribution in [-0.4, -0.2) is 27.5 Å². The van der Waals surface area contributed by atoms with Crippen molar-refractivity contribution in [3.8, 4) is 10.8 Å². The third kappa shape index (κ3) is 4.44. The Morgan fingerprint density at radius 1 is 1.33 bits per heavy atom. The van der Waals surface area contributed by atoms with Gasteiger partial charge >= 0.3 is 5.97 Å². The highest BCUT2D eigenvalue weighted by Crippen LogP contribution is 2.26. The monoisotopic (exact) mass is 350 g/mol. The first kappa shape index (κ1) is 18.2. The predicted molar refractivity (Wildman–Crippen MR) is 92.0 cm³/mol. The lowest BCUT2D eigenvalue weighted by Gasteiger charge is -2.31. The predicted octanol–water partition coefficient (Wildman–Crippen LogP) is 3.40. The molecule has 2 aromatic heterocycles. The zero-order valence-corrected chi connectivity index (χ0v) is 14.9. The number of nitrogens with zero attached hydrogens (tertiary/aromatic N) is 1. The fraction of sp³-hybridized carbons (Fsp3) is 0.471. The minimum absolute atomic E-state index is 0.0836. The zero-order valence-electron chi connectivity index (χ0n) is 14.1. The average molecular weight is 350 g/mol. The van der Waals surface area contributed by atoms with Crippen LogP contribution in [0.1, 0.15) is 44.6 Å². The number of thiazole rings is 1. The summed E-state index contributed by atoms with van der Waals surface area (Å²) in [6, 6.07) is 3.72. The van der Waals surface area contributed by atoms with Gasteiger partial charge in [0, 0.05) is 10.9 Å². The van der Waals surface area contributed by atoms with E-state index in [1.54, 1.807) is 0 Å². The quantitative estimate of drug-likeness (QED) is 0.761. The molecule has 0 aromatic carbocycles. The number of carbonyl (C=O) groups is 2. The summed E-state index contributed by atoms with van der Waals surface area (Å²) < 4.78 is 5.53. The van der Waals surface area contributed by atoms with Crippen LogP contribution in [0.2, 0.25) is 0 Å². The minimum atomic E-state index is -0.914. The maximum Gasteiger partial charge on any atom is 0.305 e. The molecule has 0 radical (unpaired) electrons. The molecule has 2 heterocycles. The molecule has 0 saturated heterocycles.